The van der Waals surface area contributed by atoms with E-state index in [2.05, 4.69) is 20.9 Å². The maximum atomic E-state index is 11.5. The van der Waals surface area contributed by atoms with Crippen molar-refractivity contribution in [2.45, 2.75) is 0 Å². The van der Waals surface area contributed by atoms with Crippen LogP contribution in [0.2, 0.25) is 0 Å². The molecule has 0 bridgehead atoms. The fourth-order valence-corrected chi connectivity index (χ4v) is 3.53. The molecule has 0 saturated heterocycles. The molecule has 0 saturated carbocycles. The lowest BCUT2D eigenvalue weighted by Crippen LogP contribution is -1.99. The summed E-state index contributed by atoms with van der Waals surface area (Å²) >= 11 is 4.76. The number of benzene rings is 2. The zero-order valence-electron chi connectivity index (χ0n) is 11.3. The van der Waals surface area contributed by atoms with Gasteiger partial charge in [0.1, 0.15) is 5.01 Å². The zero-order chi connectivity index (χ0) is 15.7. The van der Waals surface area contributed by atoms with Gasteiger partial charge in [-0.1, -0.05) is 40.2 Å². The summed E-state index contributed by atoms with van der Waals surface area (Å²) in [4.78, 5) is 16.4. The van der Waals surface area contributed by atoms with Crippen molar-refractivity contribution < 1.29 is 9.90 Å². The monoisotopic (exact) mass is 374 g/mol. The molecule has 2 aromatic carbocycles. The van der Waals surface area contributed by atoms with Crippen molar-refractivity contribution in [2.75, 3.05) is 5.73 Å². The van der Waals surface area contributed by atoms with Gasteiger partial charge in [-0.05, 0) is 29.8 Å². The number of hydrogen-bond acceptors (Lipinski definition) is 4. The van der Waals surface area contributed by atoms with Crippen LogP contribution in [-0.2, 0) is 0 Å². The number of nitrogen functional groups attached to an aromatic ring is 1. The second-order valence-corrected chi connectivity index (χ2v) is 6.55. The molecular formula is C16H11BrN2O2S. The molecule has 3 N–H and O–H groups in total. The largest absolute Gasteiger partial charge is 0.476 e. The van der Waals surface area contributed by atoms with Gasteiger partial charge in [-0.2, -0.15) is 0 Å². The molecule has 110 valence electrons. The first-order valence-electron chi connectivity index (χ1n) is 6.40. The summed E-state index contributed by atoms with van der Waals surface area (Å²) in [5.74, 6) is -1.05. The Hall–Kier alpha value is -2.18. The highest BCUT2D eigenvalue weighted by Crippen LogP contribution is 2.36. The first-order chi connectivity index (χ1) is 10.5. The fraction of sp³-hybridized carbons (Fsp3) is 0. The highest BCUT2D eigenvalue weighted by Gasteiger charge is 2.19. The number of rotatable bonds is 3. The summed E-state index contributed by atoms with van der Waals surface area (Å²) in [5, 5.41) is 10.1. The van der Waals surface area contributed by atoms with Crippen LogP contribution >= 0.6 is 27.3 Å². The van der Waals surface area contributed by atoms with Crippen molar-refractivity contribution in [1.29, 1.82) is 0 Å². The molecule has 0 aliphatic carbocycles. The number of thiazole rings is 1. The van der Waals surface area contributed by atoms with Crippen LogP contribution in [0.25, 0.3) is 21.0 Å². The number of nitrogens with zero attached hydrogens (tertiary/aromatic N) is 1. The molecule has 22 heavy (non-hydrogen) atoms. The number of carboxylic acids is 1. The second-order valence-electron chi connectivity index (χ2n) is 4.64. The predicted octanol–water partition coefficient (Wildman–Crippen LogP) is 4.52. The van der Waals surface area contributed by atoms with Gasteiger partial charge in [0.15, 0.2) is 5.69 Å². The van der Waals surface area contributed by atoms with Gasteiger partial charge in [0.05, 0.1) is 4.88 Å². The normalized spacial score (nSPS) is 10.6. The number of aromatic nitrogens is 1. The average Bonchev–Trinajstić information content (AvgIpc) is 2.92. The average molecular weight is 375 g/mol. The van der Waals surface area contributed by atoms with Crippen molar-refractivity contribution in [2.24, 2.45) is 0 Å². The lowest BCUT2D eigenvalue weighted by Gasteiger charge is -2.00. The minimum atomic E-state index is -1.05. The second kappa shape index (κ2) is 5.90. The molecule has 0 unspecified atom stereocenters. The van der Waals surface area contributed by atoms with Crippen molar-refractivity contribution in [3.05, 3.63) is 58.7 Å². The van der Waals surface area contributed by atoms with Crippen LogP contribution in [0.1, 0.15) is 10.5 Å². The Morgan fingerprint density at radius 1 is 1.14 bits per heavy atom. The van der Waals surface area contributed by atoms with E-state index in [0.717, 1.165) is 15.6 Å². The van der Waals surface area contributed by atoms with Gasteiger partial charge in [-0.15, -0.1) is 11.3 Å². The first-order valence-corrected chi connectivity index (χ1v) is 8.01. The van der Waals surface area contributed by atoms with E-state index in [4.69, 9.17) is 5.73 Å². The number of aromatic carboxylic acids is 1. The van der Waals surface area contributed by atoms with E-state index in [1.54, 1.807) is 18.2 Å². The molecule has 3 rings (SSSR count). The van der Waals surface area contributed by atoms with E-state index in [9.17, 15) is 9.90 Å². The SMILES string of the molecule is Nc1cccc(-c2sc(-c3cccc(Br)c3)nc2C(=O)O)c1. The third-order valence-corrected chi connectivity index (χ3v) is 4.70. The van der Waals surface area contributed by atoms with Crippen molar-refractivity contribution in [3.63, 3.8) is 0 Å². The molecular weight excluding hydrogens is 364 g/mol. The summed E-state index contributed by atoms with van der Waals surface area (Å²) < 4.78 is 0.919. The molecule has 0 aliphatic rings. The highest BCUT2D eigenvalue weighted by atomic mass is 79.9. The Labute approximate surface area is 139 Å². The van der Waals surface area contributed by atoms with Crippen LogP contribution in [0.3, 0.4) is 0 Å². The molecule has 0 fully saturated rings. The molecule has 0 amide bonds. The van der Waals surface area contributed by atoms with Gasteiger partial charge in [0.2, 0.25) is 0 Å². The lowest BCUT2D eigenvalue weighted by molar-refractivity contribution is 0.0692. The lowest BCUT2D eigenvalue weighted by atomic mass is 10.1. The minimum Gasteiger partial charge on any atom is -0.476 e. The number of hydrogen-bond donors (Lipinski definition) is 2. The summed E-state index contributed by atoms with van der Waals surface area (Å²) in [6, 6.07) is 14.8. The van der Waals surface area contributed by atoms with Crippen molar-refractivity contribution >= 4 is 38.9 Å². The third-order valence-electron chi connectivity index (χ3n) is 3.05. The maximum Gasteiger partial charge on any atom is 0.356 e. The topological polar surface area (TPSA) is 76.2 Å². The number of halogens is 1. The Balaban J connectivity index is 2.16. The van der Waals surface area contributed by atoms with E-state index >= 15 is 0 Å². The molecule has 1 aromatic heterocycles. The van der Waals surface area contributed by atoms with Gasteiger partial charge in [-0.25, -0.2) is 9.78 Å². The molecule has 1 heterocycles. The van der Waals surface area contributed by atoms with Gasteiger partial charge in [0, 0.05) is 15.7 Å². The number of carboxylic acid groups (broad SMARTS) is 1. The number of carbonyl (C=O) groups is 1. The Morgan fingerprint density at radius 2 is 1.86 bits per heavy atom. The van der Waals surface area contributed by atoms with E-state index in [1.807, 2.05) is 30.3 Å². The summed E-state index contributed by atoms with van der Waals surface area (Å²) in [6.45, 7) is 0. The minimum absolute atomic E-state index is 0.0468. The zero-order valence-corrected chi connectivity index (χ0v) is 13.7. The highest BCUT2D eigenvalue weighted by molar-refractivity contribution is 9.10. The van der Waals surface area contributed by atoms with Crippen molar-refractivity contribution in [3.8, 4) is 21.0 Å². The molecule has 4 nitrogen and oxygen atoms in total. The van der Waals surface area contributed by atoms with E-state index in [0.29, 0.717) is 15.6 Å². The molecule has 3 aromatic rings. The number of anilines is 1. The summed E-state index contributed by atoms with van der Waals surface area (Å²) in [7, 11) is 0. The Bertz CT molecular complexity index is 861. The van der Waals surface area contributed by atoms with E-state index < -0.39 is 5.97 Å². The maximum absolute atomic E-state index is 11.5. The fourth-order valence-electron chi connectivity index (χ4n) is 2.09. The van der Waals surface area contributed by atoms with E-state index in [-0.39, 0.29) is 5.69 Å². The van der Waals surface area contributed by atoms with Gasteiger partial charge >= 0.3 is 5.97 Å². The first kappa shape index (κ1) is 14.7. The van der Waals surface area contributed by atoms with Crippen LogP contribution in [0.4, 0.5) is 5.69 Å². The molecule has 6 heteroatoms. The summed E-state index contributed by atoms with van der Waals surface area (Å²) in [6.07, 6.45) is 0. The Kier molecular flexibility index (Phi) is 3.96. The summed E-state index contributed by atoms with van der Waals surface area (Å²) in [5.41, 5.74) is 8.06. The van der Waals surface area contributed by atoms with Crippen LogP contribution in [0, 0.1) is 0 Å². The standard InChI is InChI=1S/C16H11BrN2O2S/c17-11-5-1-4-10(7-11)15-19-13(16(20)21)14(22-15)9-3-2-6-12(18)8-9/h1-8H,18H2,(H,20,21). The Morgan fingerprint density at radius 3 is 2.55 bits per heavy atom. The molecule has 0 spiro atoms. The molecule has 0 aliphatic heterocycles. The molecule has 0 radical (unpaired) electrons. The van der Waals surface area contributed by atoms with Crippen LogP contribution in [-0.4, -0.2) is 16.1 Å². The third kappa shape index (κ3) is 2.88. The van der Waals surface area contributed by atoms with Crippen LogP contribution < -0.4 is 5.73 Å². The quantitative estimate of drug-likeness (QED) is 0.660. The number of nitrogens with two attached hydrogens (primary N) is 1. The van der Waals surface area contributed by atoms with Crippen molar-refractivity contribution in [1.82, 2.24) is 4.98 Å². The smallest absolute Gasteiger partial charge is 0.356 e. The predicted molar refractivity (Wildman–Crippen MR) is 92.1 cm³/mol. The van der Waals surface area contributed by atoms with E-state index in [1.165, 1.54) is 11.3 Å². The van der Waals surface area contributed by atoms with Gasteiger partial charge in [0.25, 0.3) is 0 Å². The molecule has 0 atom stereocenters. The van der Waals surface area contributed by atoms with Crippen LogP contribution in [0.15, 0.2) is 53.0 Å². The van der Waals surface area contributed by atoms with Gasteiger partial charge < -0.3 is 10.8 Å². The van der Waals surface area contributed by atoms with Crippen LogP contribution in [0.5, 0.6) is 0 Å². The van der Waals surface area contributed by atoms with Gasteiger partial charge in [-0.3, -0.25) is 0 Å².